The van der Waals surface area contributed by atoms with Gasteiger partial charge < -0.3 is 10.1 Å². The van der Waals surface area contributed by atoms with Crippen LogP contribution in [0, 0.1) is 13.8 Å². The monoisotopic (exact) mass is 287 g/mol. The van der Waals surface area contributed by atoms with E-state index in [0.717, 1.165) is 13.0 Å². The number of allylic oxidation sites excluding steroid dienone is 1. The average Bonchev–Trinajstić information content (AvgIpc) is 2.66. The van der Waals surface area contributed by atoms with Gasteiger partial charge in [-0.2, -0.15) is 0 Å². The van der Waals surface area contributed by atoms with Gasteiger partial charge in [-0.1, -0.05) is 17.7 Å². The third-order valence-electron chi connectivity index (χ3n) is 5.44. The summed E-state index contributed by atoms with van der Waals surface area (Å²) in [5.74, 6) is 0. The second-order valence-electron chi connectivity index (χ2n) is 6.59. The lowest BCUT2D eigenvalue weighted by atomic mass is 9.73. The largest absolute Gasteiger partial charge is 0.383 e. The van der Waals surface area contributed by atoms with Crippen LogP contribution < -0.4 is 5.32 Å². The summed E-state index contributed by atoms with van der Waals surface area (Å²) < 4.78 is 5.66. The molecule has 0 bridgehead atoms. The average molecular weight is 287 g/mol. The van der Waals surface area contributed by atoms with Gasteiger partial charge in [-0.25, -0.2) is 0 Å². The van der Waals surface area contributed by atoms with Crippen molar-refractivity contribution in [3.63, 3.8) is 0 Å². The Bertz CT molecular complexity index is 573. The summed E-state index contributed by atoms with van der Waals surface area (Å²) in [4.78, 5) is 0. The van der Waals surface area contributed by atoms with E-state index in [0.29, 0.717) is 6.04 Å². The van der Waals surface area contributed by atoms with E-state index in [9.17, 15) is 0 Å². The van der Waals surface area contributed by atoms with Crippen molar-refractivity contribution in [2.45, 2.75) is 52.5 Å². The molecule has 2 rings (SSSR count). The molecule has 2 atom stereocenters. The molecule has 0 radical (unpaired) electrons. The van der Waals surface area contributed by atoms with Crippen LogP contribution in [0.25, 0.3) is 5.57 Å². The normalized spacial score (nSPS) is 22.6. The van der Waals surface area contributed by atoms with Gasteiger partial charge in [-0.15, -0.1) is 0 Å². The zero-order chi connectivity index (χ0) is 15.8. The van der Waals surface area contributed by atoms with Crippen LogP contribution in [-0.2, 0) is 10.2 Å². The van der Waals surface area contributed by atoms with Crippen LogP contribution in [0.5, 0.6) is 0 Å². The number of benzene rings is 1. The van der Waals surface area contributed by atoms with E-state index in [1.807, 2.05) is 14.2 Å². The van der Waals surface area contributed by atoms with Crippen molar-refractivity contribution in [3.05, 3.63) is 40.0 Å². The molecule has 1 aliphatic carbocycles. The number of methoxy groups -OCH3 is 1. The van der Waals surface area contributed by atoms with Crippen molar-refractivity contribution in [1.82, 2.24) is 5.32 Å². The first kappa shape index (κ1) is 16.3. The van der Waals surface area contributed by atoms with Gasteiger partial charge in [0.25, 0.3) is 0 Å². The summed E-state index contributed by atoms with van der Waals surface area (Å²) in [6, 6.07) is 5.03. The Morgan fingerprint density at radius 1 is 1.19 bits per heavy atom. The van der Waals surface area contributed by atoms with Crippen molar-refractivity contribution >= 4 is 5.57 Å². The second kappa shape index (κ2) is 5.94. The lowest BCUT2D eigenvalue weighted by Gasteiger charge is -2.35. The van der Waals surface area contributed by atoms with E-state index in [4.69, 9.17) is 4.74 Å². The van der Waals surface area contributed by atoms with Crippen LogP contribution in [0.1, 0.15) is 49.4 Å². The topological polar surface area (TPSA) is 21.3 Å². The molecular formula is C19H29NO. The molecule has 0 saturated heterocycles. The Kier molecular flexibility index (Phi) is 4.60. The van der Waals surface area contributed by atoms with Crippen molar-refractivity contribution < 1.29 is 4.74 Å². The van der Waals surface area contributed by atoms with Gasteiger partial charge in [0.15, 0.2) is 0 Å². The maximum atomic E-state index is 5.66. The number of hydrogen-bond acceptors (Lipinski definition) is 2. The van der Waals surface area contributed by atoms with Crippen LogP contribution >= 0.6 is 0 Å². The molecule has 1 aromatic carbocycles. The van der Waals surface area contributed by atoms with Gasteiger partial charge in [-0.3, -0.25) is 0 Å². The highest BCUT2D eigenvalue weighted by molar-refractivity contribution is 5.81. The van der Waals surface area contributed by atoms with Gasteiger partial charge in [0.05, 0.1) is 6.61 Å². The Balaban J connectivity index is 2.66. The van der Waals surface area contributed by atoms with Crippen molar-refractivity contribution in [3.8, 4) is 0 Å². The molecule has 0 spiro atoms. The quantitative estimate of drug-likeness (QED) is 0.884. The summed E-state index contributed by atoms with van der Waals surface area (Å²) in [7, 11) is 3.85. The summed E-state index contributed by atoms with van der Waals surface area (Å²) in [5, 5.41) is 3.39. The molecule has 0 fully saturated rings. The molecule has 21 heavy (non-hydrogen) atoms. The highest BCUT2D eigenvalue weighted by atomic mass is 16.5. The predicted molar refractivity (Wildman–Crippen MR) is 90.9 cm³/mol. The fourth-order valence-corrected chi connectivity index (χ4v) is 3.83. The number of fused-ring (bicyclic) bond motifs is 1. The molecule has 2 unspecified atom stereocenters. The molecule has 0 aliphatic heterocycles. The van der Waals surface area contributed by atoms with Crippen LogP contribution in [0.2, 0.25) is 0 Å². The highest BCUT2D eigenvalue weighted by Crippen LogP contribution is 2.50. The van der Waals surface area contributed by atoms with Gasteiger partial charge in [0.1, 0.15) is 0 Å². The fraction of sp³-hybridized carbons (Fsp3) is 0.579. The van der Waals surface area contributed by atoms with Gasteiger partial charge >= 0.3 is 0 Å². The van der Waals surface area contributed by atoms with Crippen molar-refractivity contribution in [1.29, 1.82) is 0 Å². The Hall–Kier alpha value is -1.12. The first-order chi connectivity index (χ1) is 9.89. The molecule has 1 aliphatic rings. The zero-order valence-corrected chi connectivity index (χ0v) is 14.6. The van der Waals surface area contributed by atoms with Gasteiger partial charge in [0, 0.05) is 18.6 Å². The lowest BCUT2D eigenvalue weighted by Crippen LogP contribution is -2.38. The third-order valence-corrected chi connectivity index (χ3v) is 5.44. The van der Waals surface area contributed by atoms with E-state index < -0.39 is 0 Å². The van der Waals surface area contributed by atoms with Gasteiger partial charge in [0.2, 0.25) is 0 Å². The number of ether oxygens (including phenoxy) is 1. The van der Waals surface area contributed by atoms with Crippen molar-refractivity contribution in [2.24, 2.45) is 0 Å². The minimum absolute atomic E-state index is 0.00898. The maximum absolute atomic E-state index is 5.66. The predicted octanol–water partition coefficient (Wildman–Crippen LogP) is 3.99. The molecule has 1 aromatic rings. The van der Waals surface area contributed by atoms with Crippen molar-refractivity contribution in [2.75, 3.05) is 20.8 Å². The number of hydrogen-bond donors (Lipinski definition) is 1. The summed E-state index contributed by atoms with van der Waals surface area (Å²) >= 11 is 0. The van der Waals surface area contributed by atoms with Crippen LogP contribution in [0.15, 0.2) is 17.7 Å². The third kappa shape index (κ3) is 2.45. The first-order valence-corrected chi connectivity index (χ1v) is 7.84. The van der Waals surface area contributed by atoms with E-state index in [1.165, 1.54) is 33.4 Å². The second-order valence-corrected chi connectivity index (χ2v) is 6.59. The maximum Gasteiger partial charge on any atom is 0.0597 e. The fourth-order valence-electron chi connectivity index (χ4n) is 3.83. The zero-order valence-electron chi connectivity index (χ0n) is 14.6. The van der Waals surface area contributed by atoms with E-state index in [1.54, 1.807) is 0 Å². The standard InChI is InChI=1S/C19H29NO/c1-12-8-9-17-18(14(12)3)15(4)16(5)19(17,11-21-7)10-13(2)20-6/h8-9,13,20H,10-11H2,1-7H3. The van der Waals surface area contributed by atoms with Gasteiger partial charge in [-0.05, 0) is 75.9 Å². The lowest BCUT2D eigenvalue weighted by molar-refractivity contribution is 0.137. The highest BCUT2D eigenvalue weighted by Gasteiger charge is 2.43. The molecular weight excluding hydrogens is 258 g/mol. The molecule has 0 heterocycles. The molecule has 2 heteroatoms. The SMILES string of the molecule is CNC(C)CC1(COC)C(C)=C(C)c2c1ccc(C)c2C. The minimum atomic E-state index is 0.00898. The molecule has 2 nitrogen and oxygen atoms in total. The molecule has 116 valence electrons. The summed E-state index contributed by atoms with van der Waals surface area (Å²) in [6.45, 7) is 12.0. The van der Waals surface area contributed by atoms with Crippen LogP contribution in [0.4, 0.5) is 0 Å². The van der Waals surface area contributed by atoms with Crippen LogP contribution in [-0.4, -0.2) is 26.8 Å². The Morgan fingerprint density at radius 3 is 2.43 bits per heavy atom. The molecule has 1 N–H and O–H groups in total. The smallest absolute Gasteiger partial charge is 0.0597 e. The Morgan fingerprint density at radius 2 is 1.86 bits per heavy atom. The number of nitrogens with one attached hydrogen (secondary N) is 1. The minimum Gasteiger partial charge on any atom is -0.383 e. The molecule has 0 aromatic heterocycles. The Labute approximate surface area is 129 Å². The number of rotatable bonds is 5. The number of aryl methyl sites for hydroxylation is 1. The van der Waals surface area contributed by atoms with Crippen LogP contribution in [0.3, 0.4) is 0 Å². The van der Waals surface area contributed by atoms with E-state index in [-0.39, 0.29) is 5.41 Å². The van der Waals surface area contributed by atoms with E-state index >= 15 is 0 Å². The molecule has 0 saturated carbocycles. The summed E-state index contributed by atoms with van der Waals surface area (Å²) in [6.07, 6.45) is 1.07. The summed E-state index contributed by atoms with van der Waals surface area (Å²) in [5.41, 5.74) is 8.60. The van der Waals surface area contributed by atoms with E-state index in [2.05, 4.69) is 52.1 Å². The first-order valence-electron chi connectivity index (χ1n) is 7.84. The molecule has 0 amide bonds.